The molecule has 7 heteroatoms. The quantitative estimate of drug-likeness (QED) is 0.688. The van der Waals surface area contributed by atoms with Crippen molar-refractivity contribution in [3.05, 3.63) is 63.3 Å². The van der Waals surface area contributed by atoms with Gasteiger partial charge in [-0.25, -0.2) is 4.39 Å². The van der Waals surface area contributed by atoms with Crippen LogP contribution in [0.1, 0.15) is 21.5 Å². The minimum Gasteiger partial charge on any atom is -0.472 e. The number of furan rings is 1. The van der Waals surface area contributed by atoms with Gasteiger partial charge in [-0.05, 0) is 18.6 Å². The predicted molar refractivity (Wildman–Crippen MR) is 67.7 cm³/mol. The van der Waals surface area contributed by atoms with Gasteiger partial charge < -0.3 is 9.73 Å². The predicted octanol–water partition coefficient (Wildman–Crippen LogP) is 2.57. The summed E-state index contributed by atoms with van der Waals surface area (Å²) in [4.78, 5) is 21.9. The van der Waals surface area contributed by atoms with Gasteiger partial charge in [-0.1, -0.05) is 0 Å². The van der Waals surface area contributed by atoms with Crippen LogP contribution in [0.4, 0.5) is 10.1 Å². The molecule has 0 aliphatic heterocycles. The van der Waals surface area contributed by atoms with Crippen molar-refractivity contribution in [2.75, 3.05) is 0 Å². The van der Waals surface area contributed by atoms with Crippen LogP contribution in [0.3, 0.4) is 0 Å². The highest BCUT2D eigenvalue weighted by molar-refractivity contribution is 5.95. The highest BCUT2D eigenvalue weighted by Gasteiger charge is 2.19. The third kappa shape index (κ3) is 2.82. The molecule has 1 amide bonds. The highest BCUT2D eigenvalue weighted by atomic mass is 19.1. The number of halogens is 1. The fraction of sp³-hybridized carbons (Fsp3) is 0.154. The Kier molecular flexibility index (Phi) is 3.79. The van der Waals surface area contributed by atoms with Crippen molar-refractivity contribution in [1.29, 1.82) is 0 Å². The Morgan fingerprint density at radius 3 is 2.85 bits per heavy atom. The molecule has 0 unspecified atom stereocenters. The Hall–Kier alpha value is -2.70. The maximum Gasteiger partial charge on any atom is 0.270 e. The lowest BCUT2D eigenvalue weighted by molar-refractivity contribution is -0.385. The molecule has 0 spiro atoms. The van der Waals surface area contributed by atoms with Gasteiger partial charge in [-0.3, -0.25) is 14.9 Å². The zero-order valence-electron chi connectivity index (χ0n) is 10.6. The number of carbonyl (C=O) groups excluding carboxylic acids is 1. The summed E-state index contributed by atoms with van der Waals surface area (Å²) in [6.45, 7) is 1.52. The molecule has 0 aliphatic carbocycles. The molecule has 1 heterocycles. The van der Waals surface area contributed by atoms with Crippen molar-refractivity contribution in [3.63, 3.8) is 0 Å². The molecule has 0 aliphatic rings. The fourth-order valence-electron chi connectivity index (χ4n) is 1.69. The van der Waals surface area contributed by atoms with E-state index in [0.29, 0.717) is 5.56 Å². The number of hydrogen-bond acceptors (Lipinski definition) is 4. The van der Waals surface area contributed by atoms with Crippen molar-refractivity contribution < 1.29 is 18.5 Å². The number of rotatable bonds is 4. The summed E-state index contributed by atoms with van der Waals surface area (Å²) >= 11 is 0. The van der Waals surface area contributed by atoms with E-state index in [1.54, 1.807) is 6.07 Å². The summed E-state index contributed by atoms with van der Waals surface area (Å²) in [5.74, 6) is -1.48. The third-order valence-corrected chi connectivity index (χ3v) is 2.73. The second-order valence-electron chi connectivity index (χ2n) is 4.20. The first-order valence-electron chi connectivity index (χ1n) is 5.73. The van der Waals surface area contributed by atoms with Gasteiger partial charge in [0.05, 0.1) is 23.0 Å². The van der Waals surface area contributed by atoms with Gasteiger partial charge in [-0.2, -0.15) is 0 Å². The molecular weight excluding hydrogens is 267 g/mol. The van der Waals surface area contributed by atoms with Crippen molar-refractivity contribution in [1.82, 2.24) is 5.32 Å². The van der Waals surface area contributed by atoms with Crippen molar-refractivity contribution in [2.45, 2.75) is 13.5 Å². The first kappa shape index (κ1) is 13.7. The maximum absolute atomic E-state index is 13.9. The van der Waals surface area contributed by atoms with Crippen LogP contribution in [0.15, 0.2) is 35.1 Å². The number of non-ortho nitro benzene ring substituents is 1. The average Bonchev–Trinajstić information content (AvgIpc) is 2.92. The second-order valence-corrected chi connectivity index (χ2v) is 4.20. The molecule has 0 saturated heterocycles. The number of benzene rings is 1. The summed E-state index contributed by atoms with van der Waals surface area (Å²) in [6.07, 6.45) is 2.88. The van der Waals surface area contributed by atoms with E-state index < -0.39 is 16.6 Å². The normalized spacial score (nSPS) is 10.3. The number of nitrogens with one attached hydrogen (secondary N) is 1. The standard InChI is InChI=1S/C13H11FN2O4/c1-8-4-10(16(18)19)5-11(12(8)14)13(17)15-6-9-2-3-20-7-9/h2-5,7H,6H2,1H3,(H,15,17). The molecule has 0 fully saturated rings. The number of hydrogen-bond donors (Lipinski definition) is 1. The molecule has 6 nitrogen and oxygen atoms in total. The van der Waals surface area contributed by atoms with Crippen molar-refractivity contribution >= 4 is 11.6 Å². The van der Waals surface area contributed by atoms with Gasteiger partial charge >= 0.3 is 0 Å². The zero-order chi connectivity index (χ0) is 14.7. The highest BCUT2D eigenvalue weighted by Crippen LogP contribution is 2.21. The Balaban J connectivity index is 2.22. The second kappa shape index (κ2) is 5.52. The van der Waals surface area contributed by atoms with E-state index >= 15 is 0 Å². The number of nitrogens with zero attached hydrogens (tertiary/aromatic N) is 1. The molecular formula is C13H11FN2O4. The number of amides is 1. The smallest absolute Gasteiger partial charge is 0.270 e. The van der Waals surface area contributed by atoms with Crippen LogP contribution in [0.2, 0.25) is 0 Å². The number of aryl methyl sites for hydroxylation is 1. The number of carbonyl (C=O) groups is 1. The lowest BCUT2D eigenvalue weighted by atomic mass is 10.1. The van der Waals surface area contributed by atoms with Gasteiger partial charge in [0.25, 0.3) is 11.6 Å². The van der Waals surface area contributed by atoms with Crippen molar-refractivity contribution in [3.8, 4) is 0 Å². The molecule has 1 N–H and O–H groups in total. The summed E-state index contributed by atoms with van der Waals surface area (Å²) in [7, 11) is 0. The molecule has 0 atom stereocenters. The summed E-state index contributed by atoms with van der Waals surface area (Å²) < 4.78 is 18.7. The molecule has 2 rings (SSSR count). The molecule has 1 aromatic heterocycles. The fourth-order valence-corrected chi connectivity index (χ4v) is 1.69. The Morgan fingerprint density at radius 2 is 2.25 bits per heavy atom. The SMILES string of the molecule is Cc1cc([N+](=O)[O-])cc(C(=O)NCc2ccoc2)c1F. The number of nitro benzene ring substituents is 1. The minimum atomic E-state index is -0.764. The molecule has 20 heavy (non-hydrogen) atoms. The van der Waals surface area contributed by atoms with Crippen LogP contribution in [0.5, 0.6) is 0 Å². The molecule has 0 bridgehead atoms. The monoisotopic (exact) mass is 278 g/mol. The minimum absolute atomic E-state index is 0.0488. The average molecular weight is 278 g/mol. The van der Waals surface area contributed by atoms with Crippen LogP contribution < -0.4 is 5.32 Å². The van der Waals surface area contributed by atoms with Crippen LogP contribution in [0.25, 0.3) is 0 Å². The van der Waals surface area contributed by atoms with Crippen LogP contribution >= 0.6 is 0 Å². The van der Waals surface area contributed by atoms with Gasteiger partial charge in [0.1, 0.15) is 5.82 Å². The molecule has 0 radical (unpaired) electrons. The summed E-state index contributed by atoms with van der Waals surface area (Å²) in [6, 6.07) is 3.66. The van der Waals surface area contributed by atoms with Crippen molar-refractivity contribution in [2.24, 2.45) is 0 Å². The van der Waals surface area contributed by atoms with Gasteiger partial charge in [0.15, 0.2) is 0 Å². The first-order chi connectivity index (χ1) is 9.49. The maximum atomic E-state index is 13.9. The van der Waals surface area contributed by atoms with E-state index in [1.165, 1.54) is 19.5 Å². The number of nitro groups is 1. The Labute approximate surface area is 113 Å². The third-order valence-electron chi connectivity index (χ3n) is 2.73. The lowest BCUT2D eigenvalue weighted by Crippen LogP contribution is -2.24. The van der Waals surface area contributed by atoms with Gasteiger partial charge in [-0.15, -0.1) is 0 Å². The van der Waals surface area contributed by atoms with E-state index in [1.807, 2.05) is 0 Å². The van der Waals surface area contributed by atoms with Gasteiger partial charge in [0, 0.05) is 24.2 Å². The molecule has 2 aromatic rings. The van der Waals surface area contributed by atoms with E-state index in [2.05, 4.69) is 5.32 Å². The largest absolute Gasteiger partial charge is 0.472 e. The molecule has 104 valence electrons. The zero-order valence-corrected chi connectivity index (χ0v) is 10.6. The van der Waals surface area contributed by atoms with E-state index in [4.69, 9.17) is 4.42 Å². The Bertz CT molecular complexity index is 653. The lowest BCUT2D eigenvalue weighted by Gasteiger charge is -2.06. The van der Waals surface area contributed by atoms with Crippen LogP contribution in [-0.2, 0) is 6.54 Å². The van der Waals surface area contributed by atoms with E-state index in [0.717, 1.165) is 12.1 Å². The van der Waals surface area contributed by atoms with E-state index in [9.17, 15) is 19.3 Å². The van der Waals surface area contributed by atoms with Crippen LogP contribution in [0, 0.1) is 22.9 Å². The topological polar surface area (TPSA) is 85.4 Å². The Morgan fingerprint density at radius 1 is 1.50 bits per heavy atom. The molecule has 0 saturated carbocycles. The summed E-state index contributed by atoms with van der Waals surface area (Å²) in [5, 5.41) is 13.2. The van der Waals surface area contributed by atoms with Crippen LogP contribution in [-0.4, -0.2) is 10.8 Å². The molecule has 1 aromatic carbocycles. The van der Waals surface area contributed by atoms with Gasteiger partial charge in [0.2, 0.25) is 0 Å². The first-order valence-corrected chi connectivity index (χ1v) is 5.73. The summed E-state index contributed by atoms with van der Waals surface area (Å²) in [5.41, 5.74) is 0.0890. The van der Waals surface area contributed by atoms with E-state index in [-0.39, 0.29) is 23.4 Å².